The van der Waals surface area contributed by atoms with Crippen LogP contribution in [0.3, 0.4) is 0 Å². The van der Waals surface area contributed by atoms with Gasteiger partial charge in [0.15, 0.2) is 5.82 Å². The number of aromatic nitrogens is 4. The highest BCUT2D eigenvalue weighted by Gasteiger charge is 2.26. The van der Waals surface area contributed by atoms with Crippen molar-refractivity contribution in [1.29, 1.82) is 0 Å². The van der Waals surface area contributed by atoms with Crippen molar-refractivity contribution >= 4 is 5.91 Å². The second kappa shape index (κ2) is 7.57. The molecule has 1 aromatic carbocycles. The molecule has 1 aliphatic heterocycles. The summed E-state index contributed by atoms with van der Waals surface area (Å²) < 4.78 is 5.14. The fourth-order valence-electron chi connectivity index (χ4n) is 3.45. The number of nitrogens with zero attached hydrogens (tertiary/aromatic N) is 4. The number of methoxy groups -OCH3 is 1. The summed E-state index contributed by atoms with van der Waals surface area (Å²) in [6.45, 7) is 1.49. The van der Waals surface area contributed by atoms with Gasteiger partial charge in [0, 0.05) is 54.3 Å². The Kier molecular flexibility index (Phi) is 4.82. The van der Waals surface area contributed by atoms with Gasteiger partial charge in [0.25, 0.3) is 5.91 Å². The van der Waals surface area contributed by atoms with Crippen LogP contribution in [0.15, 0.2) is 48.8 Å². The molecule has 1 amide bonds. The summed E-state index contributed by atoms with van der Waals surface area (Å²) in [5.41, 5.74) is 2.62. The Balaban J connectivity index is 1.49. The maximum atomic E-state index is 12.9. The van der Waals surface area contributed by atoms with Crippen LogP contribution >= 0.6 is 0 Å². The predicted octanol–water partition coefficient (Wildman–Crippen LogP) is 2.90. The number of carbonyl (C=O) groups excluding carboxylic acids is 1. The summed E-state index contributed by atoms with van der Waals surface area (Å²) in [6.07, 6.45) is 5.47. The highest BCUT2D eigenvalue weighted by Crippen LogP contribution is 2.26. The van der Waals surface area contributed by atoms with Gasteiger partial charge < -0.3 is 9.64 Å². The summed E-state index contributed by atoms with van der Waals surface area (Å²) in [5, 5.41) is 7.06. The number of benzene rings is 1. The van der Waals surface area contributed by atoms with Crippen molar-refractivity contribution in [2.24, 2.45) is 0 Å². The molecule has 0 radical (unpaired) electrons. The van der Waals surface area contributed by atoms with E-state index in [4.69, 9.17) is 4.74 Å². The van der Waals surface area contributed by atoms with Crippen LogP contribution in [-0.4, -0.2) is 51.2 Å². The van der Waals surface area contributed by atoms with Crippen LogP contribution in [0, 0.1) is 0 Å². The number of nitrogens with one attached hydrogen (secondary N) is 1. The summed E-state index contributed by atoms with van der Waals surface area (Å²) in [6, 6.07) is 11.1. The van der Waals surface area contributed by atoms with Crippen LogP contribution in [0.25, 0.3) is 11.4 Å². The second-order valence-electron chi connectivity index (χ2n) is 6.60. The third-order valence-electron chi connectivity index (χ3n) is 4.90. The van der Waals surface area contributed by atoms with Crippen molar-refractivity contribution in [2.45, 2.75) is 18.8 Å². The van der Waals surface area contributed by atoms with Crippen LogP contribution in [0.2, 0.25) is 0 Å². The van der Waals surface area contributed by atoms with Crippen molar-refractivity contribution in [2.75, 3.05) is 20.2 Å². The summed E-state index contributed by atoms with van der Waals surface area (Å²) in [7, 11) is 1.57. The SMILES string of the molecule is COc1ccnc(-c2ccc(C(=O)N3CCC[C@H](c4ccn[nH]4)C3)cc2)n1. The number of rotatable bonds is 4. The zero-order valence-corrected chi connectivity index (χ0v) is 15.1. The first-order valence-electron chi connectivity index (χ1n) is 9.00. The van der Waals surface area contributed by atoms with Gasteiger partial charge in [0.1, 0.15) is 0 Å². The highest BCUT2D eigenvalue weighted by molar-refractivity contribution is 5.94. The molecule has 1 atom stereocenters. The minimum Gasteiger partial charge on any atom is -0.481 e. The number of ether oxygens (including phenoxy) is 1. The molecule has 27 heavy (non-hydrogen) atoms. The minimum absolute atomic E-state index is 0.0531. The summed E-state index contributed by atoms with van der Waals surface area (Å²) in [5.74, 6) is 1.45. The molecule has 0 saturated carbocycles. The summed E-state index contributed by atoms with van der Waals surface area (Å²) >= 11 is 0. The lowest BCUT2D eigenvalue weighted by Gasteiger charge is -2.32. The molecule has 1 N–H and O–H groups in total. The molecular weight excluding hydrogens is 342 g/mol. The third-order valence-corrected chi connectivity index (χ3v) is 4.90. The maximum absolute atomic E-state index is 12.9. The van der Waals surface area contributed by atoms with Crippen LogP contribution in [0.4, 0.5) is 0 Å². The lowest BCUT2D eigenvalue weighted by atomic mass is 9.94. The van der Waals surface area contributed by atoms with Gasteiger partial charge in [-0.2, -0.15) is 10.1 Å². The number of hydrogen-bond acceptors (Lipinski definition) is 5. The molecule has 0 bridgehead atoms. The van der Waals surface area contributed by atoms with Crippen LogP contribution in [-0.2, 0) is 0 Å². The van der Waals surface area contributed by atoms with E-state index in [2.05, 4.69) is 20.2 Å². The average molecular weight is 363 g/mol. The molecule has 1 aliphatic rings. The van der Waals surface area contributed by atoms with Crippen molar-refractivity contribution in [3.63, 3.8) is 0 Å². The van der Waals surface area contributed by atoms with Crippen molar-refractivity contribution in [3.05, 3.63) is 60.0 Å². The fraction of sp³-hybridized carbons (Fsp3) is 0.300. The van der Waals surface area contributed by atoms with Gasteiger partial charge in [-0.05, 0) is 31.0 Å². The van der Waals surface area contributed by atoms with Crippen molar-refractivity contribution < 1.29 is 9.53 Å². The Hall–Kier alpha value is -3.22. The lowest BCUT2D eigenvalue weighted by Crippen LogP contribution is -2.39. The molecule has 1 saturated heterocycles. The van der Waals surface area contributed by atoms with Gasteiger partial charge in [0.05, 0.1) is 7.11 Å². The zero-order chi connectivity index (χ0) is 18.6. The minimum atomic E-state index is 0.0531. The van der Waals surface area contributed by atoms with E-state index in [9.17, 15) is 4.79 Å². The smallest absolute Gasteiger partial charge is 0.253 e. The molecule has 7 heteroatoms. The van der Waals surface area contributed by atoms with E-state index in [-0.39, 0.29) is 5.91 Å². The molecular formula is C20H21N5O2. The third kappa shape index (κ3) is 3.67. The van der Waals surface area contributed by atoms with E-state index in [1.165, 1.54) is 0 Å². The van der Waals surface area contributed by atoms with E-state index >= 15 is 0 Å². The summed E-state index contributed by atoms with van der Waals surface area (Å²) in [4.78, 5) is 23.4. The largest absolute Gasteiger partial charge is 0.481 e. The quantitative estimate of drug-likeness (QED) is 0.770. The number of H-pyrrole nitrogens is 1. The van der Waals surface area contributed by atoms with Gasteiger partial charge in [-0.15, -0.1) is 0 Å². The first-order chi connectivity index (χ1) is 13.2. The first kappa shape index (κ1) is 17.2. The number of likely N-dealkylation sites (tertiary alicyclic amines) is 1. The highest BCUT2D eigenvalue weighted by atomic mass is 16.5. The molecule has 0 unspecified atom stereocenters. The van der Waals surface area contributed by atoms with Crippen molar-refractivity contribution in [3.8, 4) is 17.3 Å². The molecule has 4 rings (SSSR count). The second-order valence-corrected chi connectivity index (χ2v) is 6.60. The van der Waals surface area contributed by atoms with Gasteiger partial charge in [0.2, 0.25) is 5.88 Å². The Morgan fingerprint density at radius 1 is 1.19 bits per heavy atom. The number of piperidine rings is 1. The standard InChI is InChI=1S/C20H21N5O2/c1-27-18-9-10-21-19(23-18)14-4-6-15(7-5-14)20(26)25-12-2-3-16(13-25)17-8-11-22-24-17/h4-11,16H,2-3,12-13H2,1H3,(H,22,24)/t16-/m0/s1. The Bertz CT molecular complexity index is 908. The lowest BCUT2D eigenvalue weighted by molar-refractivity contribution is 0.0706. The molecule has 0 spiro atoms. The molecule has 7 nitrogen and oxygen atoms in total. The Morgan fingerprint density at radius 3 is 2.78 bits per heavy atom. The van der Waals surface area contributed by atoms with E-state index < -0.39 is 0 Å². The van der Waals surface area contributed by atoms with Gasteiger partial charge in [-0.1, -0.05) is 12.1 Å². The number of hydrogen-bond donors (Lipinski definition) is 1. The molecule has 3 heterocycles. The van der Waals surface area contributed by atoms with Gasteiger partial charge >= 0.3 is 0 Å². The molecule has 3 aromatic rings. The van der Waals surface area contributed by atoms with Crippen LogP contribution in [0.1, 0.15) is 34.8 Å². The Labute approximate surface area is 157 Å². The zero-order valence-electron chi connectivity index (χ0n) is 15.1. The molecule has 2 aromatic heterocycles. The van der Waals surface area contributed by atoms with Gasteiger partial charge in [-0.25, -0.2) is 4.98 Å². The van der Waals surface area contributed by atoms with E-state index in [0.717, 1.165) is 30.6 Å². The number of amides is 1. The maximum Gasteiger partial charge on any atom is 0.253 e. The fourth-order valence-corrected chi connectivity index (χ4v) is 3.45. The van der Waals surface area contributed by atoms with E-state index in [1.54, 1.807) is 25.6 Å². The average Bonchev–Trinajstić information content (AvgIpc) is 3.28. The molecule has 1 fully saturated rings. The normalized spacial score (nSPS) is 16.9. The van der Waals surface area contributed by atoms with E-state index in [0.29, 0.717) is 29.7 Å². The molecule has 138 valence electrons. The first-order valence-corrected chi connectivity index (χ1v) is 9.00. The monoisotopic (exact) mass is 363 g/mol. The Morgan fingerprint density at radius 2 is 2.04 bits per heavy atom. The van der Waals surface area contributed by atoms with Gasteiger partial charge in [-0.3, -0.25) is 9.89 Å². The topological polar surface area (TPSA) is 84.0 Å². The van der Waals surface area contributed by atoms with Crippen LogP contribution in [0.5, 0.6) is 5.88 Å². The number of carbonyl (C=O) groups is 1. The molecule has 0 aliphatic carbocycles. The van der Waals surface area contributed by atoms with E-state index in [1.807, 2.05) is 35.2 Å². The van der Waals surface area contributed by atoms with Crippen LogP contribution < -0.4 is 4.74 Å². The predicted molar refractivity (Wildman–Crippen MR) is 100 cm³/mol. The number of aromatic amines is 1. The van der Waals surface area contributed by atoms with Crippen molar-refractivity contribution in [1.82, 2.24) is 25.1 Å².